The summed E-state index contributed by atoms with van der Waals surface area (Å²) in [5.74, 6) is 1.71. The van der Waals surface area contributed by atoms with Crippen molar-refractivity contribution < 1.29 is 4.79 Å². The summed E-state index contributed by atoms with van der Waals surface area (Å²) in [6.45, 7) is 6.16. The van der Waals surface area contributed by atoms with Gasteiger partial charge >= 0.3 is 0 Å². The van der Waals surface area contributed by atoms with Gasteiger partial charge in [-0.2, -0.15) is 5.10 Å². The van der Waals surface area contributed by atoms with Gasteiger partial charge in [-0.15, -0.1) is 0 Å². The van der Waals surface area contributed by atoms with E-state index < -0.39 is 0 Å². The molecule has 1 atom stereocenters. The van der Waals surface area contributed by atoms with Gasteiger partial charge in [0, 0.05) is 36.3 Å². The standard InChI is InChI=1S/C15H19N5OS/c1-4-22-15-16-6-10(7-17-15)11-5-13(21)19-14-12(11)8-18-20(14)9(2)3/h6-9,11H,4-5H2,1-3H3,(H,19,21). The summed E-state index contributed by atoms with van der Waals surface area (Å²) in [6.07, 6.45) is 5.89. The summed E-state index contributed by atoms with van der Waals surface area (Å²) in [4.78, 5) is 20.8. The molecular weight excluding hydrogens is 298 g/mol. The second kappa shape index (κ2) is 6.08. The Balaban J connectivity index is 1.96. The lowest BCUT2D eigenvalue weighted by atomic mass is 9.89. The second-order valence-corrected chi connectivity index (χ2v) is 6.75. The van der Waals surface area contributed by atoms with E-state index in [1.165, 1.54) is 0 Å². The molecule has 0 saturated carbocycles. The quantitative estimate of drug-likeness (QED) is 0.693. The number of rotatable bonds is 4. The van der Waals surface area contributed by atoms with Crippen molar-refractivity contribution in [2.24, 2.45) is 0 Å². The number of anilines is 1. The Morgan fingerprint density at radius 2 is 2.09 bits per heavy atom. The van der Waals surface area contributed by atoms with Crippen LogP contribution in [0.5, 0.6) is 0 Å². The van der Waals surface area contributed by atoms with E-state index in [0.717, 1.165) is 27.9 Å². The number of aromatic nitrogens is 4. The third-order valence-corrected chi connectivity index (χ3v) is 4.42. The molecule has 3 rings (SSSR count). The number of thioether (sulfide) groups is 1. The molecule has 0 aliphatic carbocycles. The Bertz CT molecular complexity index is 680. The van der Waals surface area contributed by atoms with Gasteiger partial charge in [0.25, 0.3) is 0 Å². The molecule has 2 aromatic heterocycles. The van der Waals surface area contributed by atoms with Crippen LogP contribution in [0.4, 0.5) is 5.82 Å². The number of nitrogens with zero attached hydrogens (tertiary/aromatic N) is 4. The highest BCUT2D eigenvalue weighted by Crippen LogP contribution is 2.37. The van der Waals surface area contributed by atoms with Crippen molar-refractivity contribution >= 4 is 23.5 Å². The van der Waals surface area contributed by atoms with Crippen molar-refractivity contribution in [3.63, 3.8) is 0 Å². The maximum atomic E-state index is 12.1. The van der Waals surface area contributed by atoms with Crippen LogP contribution < -0.4 is 5.32 Å². The summed E-state index contributed by atoms with van der Waals surface area (Å²) in [7, 11) is 0. The number of amides is 1. The van der Waals surface area contributed by atoms with Gasteiger partial charge in [-0.05, 0) is 25.2 Å². The number of hydrogen-bond acceptors (Lipinski definition) is 5. The van der Waals surface area contributed by atoms with Crippen LogP contribution in [0.1, 0.15) is 50.3 Å². The number of fused-ring (bicyclic) bond motifs is 1. The van der Waals surface area contributed by atoms with Crippen LogP contribution in [0.25, 0.3) is 0 Å². The first-order chi connectivity index (χ1) is 10.6. The summed E-state index contributed by atoms with van der Waals surface area (Å²) < 4.78 is 1.85. The topological polar surface area (TPSA) is 72.7 Å². The minimum atomic E-state index is -0.0306. The molecule has 1 aliphatic heterocycles. The average Bonchev–Trinajstić information content (AvgIpc) is 2.91. The molecule has 1 unspecified atom stereocenters. The van der Waals surface area contributed by atoms with Gasteiger partial charge in [0.1, 0.15) is 5.82 Å². The van der Waals surface area contributed by atoms with E-state index in [4.69, 9.17) is 0 Å². The molecule has 0 bridgehead atoms. The van der Waals surface area contributed by atoms with Gasteiger partial charge in [-0.1, -0.05) is 18.7 Å². The largest absolute Gasteiger partial charge is 0.311 e. The molecule has 22 heavy (non-hydrogen) atoms. The predicted octanol–water partition coefficient (Wildman–Crippen LogP) is 2.84. The molecule has 0 fully saturated rings. The zero-order valence-electron chi connectivity index (χ0n) is 12.9. The molecule has 1 N–H and O–H groups in total. The number of hydrogen-bond donors (Lipinski definition) is 1. The Kier molecular flexibility index (Phi) is 4.15. The van der Waals surface area contributed by atoms with Gasteiger partial charge < -0.3 is 5.32 Å². The first-order valence-electron chi connectivity index (χ1n) is 7.42. The Labute approximate surface area is 133 Å². The van der Waals surface area contributed by atoms with E-state index in [1.807, 2.05) is 37.1 Å². The number of carbonyl (C=O) groups is 1. The van der Waals surface area contributed by atoms with Gasteiger partial charge in [-0.25, -0.2) is 14.6 Å². The van der Waals surface area contributed by atoms with Crippen molar-refractivity contribution in [3.05, 3.63) is 29.7 Å². The number of carbonyl (C=O) groups excluding carboxylic acids is 1. The molecule has 0 saturated heterocycles. The zero-order chi connectivity index (χ0) is 15.7. The summed E-state index contributed by atoms with van der Waals surface area (Å²) in [6, 6.07) is 0.197. The average molecular weight is 317 g/mol. The third-order valence-electron chi connectivity index (χ3n) is 3.66. The Hall–Kier alpha value is -1.89. The van der Waals surface area contributed by atoms with Crippen LogP contribution in [0.15, 0.2) is 23.7 Å². The van der Waals surface area contributed by atoms with Crippen LogP contribution in [0, 0.1) is 0 Å². The monoisotopic (exact) mass is 317 g/mol. The van der Waals surface area contributed by atoms with Crippen molar-refractivity contribution in [2.45, 2.75) is 44.3 Å². The highest BCUT2D eigenvalue weighted by Gasteiger charge is 2.30. The lowest BCUT2D eigenvalue weighted by Crippen LogP contribution is -2.25. The molecule has 0 spiro atoms. The summed E-state index contributed by atoms with van der Waals surface area (Å²) in [5.41, 5.74) is 1.99. The van der Waals surface area contributed by atoms with Crippen molar-refractivity contribution in [3.8, 4) is 0 Å². The maximum absolute atomic E-state index is 12.1. The van der Waals surface area contributed by atoms with Gasteiger partial charge in [0.05, 0.1) is 6.20 Å². The fraction of sp³-hybridized carbons (Fsp3) is 0.467. The van der Waals surface area contributed by atoms with Crippen molar-refractivity contribution in [1.29, 1.82) is 0 Å². The minimum absolute atomic E-state index is 0.00640. The summed E-state index contributed by atoms with van der Waals surface area (Å²) in [5, 5.41) is 8.12. The first kappa shape index (κ1) is 15.0. The molecule has 116 valence electrons. The summed E-state index contributed by atoms with van der Waals surface area (Å²) >= 11 is 1.61. The molecular formula is C15H19N5OS. The van der Waals surface area contributed by atoms with Gasteiger partial charge in [0.2, 0.25) is 5.91 Å². The van der Waals surface area contributed by atoms with Crippen LogP contribution in [-0.2, 0) is 4.79 Å². The van der Waals surface area contributed by atoms with Crippen LogP contribution >= 0.6 is 11.8 Å². The van der Waals surface area contributed by atoms with Crippen molar-refractivity contribution in [2.75, 3.05) is 11.1 Å². The lowest BCUT2D eigenvalue weighted by Gasteiger charge is -2.24. The highest BCUT2D eigenvalue weighted by atomic mass is 32.2. The smallest absolute Gasteiger partial charge is 0.226 e. The van der Waals surface area contributed by atoms with E-state index in [1.54, 1.807) is 11.8 Å². The lowest BCUT2D eigenvalue weighted by molar-refractivity contribution is -0.116. The Morgan fingerprint density at radius 1 is 1.36 bits per heavy atom. The van der Waals surface area contributed by atoms with Gasteiger partial charge in [0.15, 0.2) is 5.16 Å². The van der Waals surface area contributed by atoms with E-state index in [-0.39, 0.29) is 17.9 Å². The normalized spacial score (nSPS) is 17.5. The molecule has 1 aliphatic rings. The maximum Gasteiger partial charge on any atom is 0.226 e. The van der Waals surface area contributed by atoms with Crippen LogP contribution in [0.3, 0.4) is 0 Å². The third kappa shape index (κ3) is 2.72. The van der Waals surface area contributed by atoms with Crippen molar-refractivity contribution in [1.82, 2.24) is 19.7 Å². The van der Waals surface area contributed by atoms with Crippen LogP contribution in [0.2, 0.25) is 0 Å². The fourth-order valence-corrected chi connectivity index (χ4v) is 3.15. The molecule has 0 radical (unpaired) electrons. The molecule has 2 aromatic rings. The Morgan fingerprint density at radius 3 is 2.73 bits per heavy atom. The molecule has 3 heterocycles. The predicted molar refractivity (Wildman–Crippen MR) is 86.1 cm³/mol. The van der Waals surface area contributed by atoms with E-state index in [0.29, 0.717) is 6.42 Å². The van der Waals surface area contributed by atoms with Gasteiger partial charge in [-0.3, -0.25) is 4.79 Å². The molecule has 6 nitrogen and oxygen atoms in total. The van der Waals surface area contributed by atoms with E-state index in [2.05, 4.69) is 27.3 Å². The number of nitrogens with one attached hydrogen (secondary N) is 1. The molecule has 1 amide bonds. The molecule has 7 heteroatoms. The molecule has 0 aromatic carbocycles. The minimum Gasteiger partial charge on any atom is -0.311 e. The van der Waals surface area contributed by atoms with E-state index in [9.17, 15) is 4.79 Å². The van der Waals surface area contributed by atoms with E-state index >= 15 is 0 Å². The fourth-order valence-electron chi connectivity index (χ4n) is 2.64. The SMILES string of the molecule is CCSc1ncc(C2CC(=O)Nc3c2cnn3C(C)C)cn1. The zero-order valence-corrected chi connectivity index (χ0v) is 13.7. The van der Waals surface area contributed by atoms with Crippen LogP contribution in [-0.4, -0.2) is 31.4 Å². The first-order valence-corrected chi connectivity index (χ1v) is 8.40. The second-order valence-electron chi connectivity index (χ2n) is 5.52. The highest BCUT2D eigenvalue weighted by molar-refractivity contribution is 7.99.